The number of hydrogen-bond acceptors (Lipinski definition) is 7. The van der Waals surface area contributed by atoms with Crippen molar-refractivity contribution in [2.45, 2.75) is 44.7 Å². The van der Waals surface area contributed by atoms with Gasteiger partial charge in [0.15, 0.2) is 5.84 Å². The first-order valence-corrected chi connectivity index (χ1v) is 6.81. The van der Waals surface area contributed by atoms with Crippen molar-refractivity contribution in [2.24, 2.45) is 9.98 Å². The molecule has 0 radical (unpaired) electrons. The molecular weight excluding hydrogens is 258 g/mol. The molecule has 0 spiro atoms. The molecule has 20 heavy (non-hydrogen) atoms. The van der Waals surface area contributed by atoms with Gasteiger partial charge in [-0.25, -0.2) is 0 Å². The van der Waals surface area contributed by atoms with E-state index in [0.29, 0.717) is 11.8 Å². The summed E-state index contributed by atoms with van der Waals surface area (Å²) in [6, 6.07) is 0.497. The van der Waals surface area contributed by atoms with Crippen LogP contribution in [0.2, 0.25) is 0 Å². The second-order valence-corrected chi connectivity index (χ2v) is 5.43. The van der Waals surface area contributed by atoms with E-state index in [0.717, 1.165) is 23.9 Å². The molecule has 4 atom stereocenters. The van der Waals surface area contributed by atoms with Gasteiger partial charge in [0.2, 0.25) is 5.76 Å². The zero-order valence-electron chi connectivity index (χ0n) is 11.4. The SMILES string of the molecule is CC1=COC(C2=NC3CC4NC(C)=NC4NC3N2)=CO1. The number of nitrogens with one attached hydrogen (secondary N) is 3. The molecule has 3 N–H and O–H groups in total. The summed E-state index contributed by atoms with van der Waals surface area (Å²) in [5.41, 5.74) is 0. The van der Waals surface area contributed by atoms with Crippen molar-refractivity contribution in [1.82, 2.24) is 16.0 Å². The average molecular weight is 275 g/mol. The van der Waals surface area contributed by atoms with Gasteiger partial charge in [0.1, 0.15) is 30.6 Å². The van der Waals surface area contributed by atoms with Crippen LogP contribution < -0.4 is 16.0 Å². The van der Waals surface area contributed by atoms with Crippen LogP contribution in [0.15, 0.2) is 34.0 Å². The molecule has 0 aromatic carbocycles. The first kappa shape index (κ1) is 11.8. The fraction of sp³-hybridized carbons (Fsp3) is 0.538. The van der Waals surface area contributed by atoms with Gasteiger partial charge in [-0.15, -0.1) is 0 Å². The quantitative estimate of drug-likeness (QED) is 0.634. The third-order valence-corrected chi connectivity index (χ3v) is 3.86. The second-order valence-electron chi connectivity index (χ2n) is 5.43. The Morgan fingerprint density at radius 3 is 2.85 bits per heavy atom. The van der Waals surface area contributed by atoms with Crippen molar-refractivity contribution < 1.29 is 9.47 Å². The zero-order valence-corrected chi connectivity index (χ0v) is 11.4. The van der Waals surface area contributed by atoms with Crippen molar-refractivity contribution in [2.75, 3.05) is 0 Å². The third-order valence-electron chi connectivity index (χ3n) is 3.86. The van der Waals surface area contributed by atoms with Crippen molar-refractivity contribution in [1.29, 1.82) is 0 Å². The maximum absolute atomic E-state index is 5.50. The Kier molecular flexibility index (Phi) is 2.50. The lowest BCUT2D eigenvalue weighted by Crippen LogP contribution is -2.60. The normalized spacial score (nSPS) is 37.9. The molecule has 4 aliphatic rings. The van der Waals surface area contributed by atoms with E-state index in [4.69, 9.17) is 14.5 Å². The third kappa shape index (κ3) is 1.85. The van der Waals surface area contributed by atoms with E-state index in [1.54, 1.807) is 12.5 Å². The standard InChI is InChI=1S/C13H17N5O2/c1-6-4-20-10(5-19-6)13-16-9-3-8-11(15-7(2)14-8)17-12(9)18-13/h4-5,8-9,11-12,17H,3H2,1-2H3,(H,14,15)(H,16,18). The summed E-state index contributed by atoms with van der Waals surface area (Å²) in [6.07, 6.45) is 4.33. The minimum absolute atomic E-state index is 0.0965. The van der Waals surface area contributed by atoms with Crippen LogP contribution in [0.1, 0.15) is 20.3 Å². The van der Waals surface area contributed by atoms with E-state index in [1.807, 2.05) is 13.8 Å². The van der Waals surface area contributed by atoms with E-state index in [1.165, 1.54) is 0 Å². The molecule has 1 saturated heterocycles. The van der Waals surface area contributed by atoms with Crippen LogP contribution in [0.4, 0.5) is 0 Å². The highest BCUT2D eigenvalue weighted by Crippen LogP contribution is 2.25. The van der Waals surface area contributed by atoms with Crippen LogP contribution in [0.5, 0.6) is 0 Å². The molecule has 4 aliphatic heterocycles. The van der Waals surface area contributed by atoms with Gasteiger partial charge in [0, 0.05) is 0 Å². The number of amidine groups is 2. The molecule has 0 aromatic rings. The number of allylic oxidation sites excluding steroid dienone is 1. The van der Waals surface area contributed by atoms with Crippen molar-refractivity contribution in [3.05, 3.63) is 24.0 Å². The fourth-order valence-corrected chi connectivity index (χ4v) is 2.93. The molecule has 7 heteroatoms. The molecule has 4 rings (SSSR count). The molecule has 0 aromatic heterocycles. The maximum Gasteiger partial charge on any atom is 0.203 e. The molecule has 106 valence electrons. The second kappa shape index (κ2) is 4.24. The van der Waals surface area contributed by atoms with E-state index < -0.39 is 0 Å². The Balaban J connectivity index is 1.48. The first-order chi connectivity index (χ1) is 9.69. The van der Waals surface area contributed by atoms with E-state index in [-0.39, 0.29) is 18.4 Å². The number of aliphatic imine (C=N–C) groups is 2. The minimum Gasteiger partial charge on any atom is -0.462 e. The van der Waals surface area contributed by atoms with Crippen LogP contribution in [0.3, 0.4) is 0 Å². The predicted octanol–water partition coefficient (Wildman–Crippen LogP) is 0.142. The Morgan fingerprint density at radius 1 is 1.15 bits per heavy atom. The van der Waals surface area contributed by atoms with Gasteiger partial charge in [-0.05, 0) is 20.3 Å². The van der Waals surface area contributed by atoms with Crippen LogP contribution >= 0.6 is 0 Å². The lowest BCUT2D eigenvalue weighted by atomic mass is 9.99. The Labute approximate surface area is 116 Å². The molecule has 4 heterocycles. The summed E-state index contributed by atoms with van der Waals surface area (Å²) in [7, 11) is 0. The highest BCUT2D eigenvalue weighted by Gasteiger charge is 2.43. The van der Waals surface area contributed by atoms with Gasteiger partial charge < -0.3 is 20.1 Å². The smallest absolute Gasteiger partial charge is 0.203 e. The highest BCUT2D eigenvalue weighted by atomic mass is 16.5. The summed E-state index contributed by atoms with van der Waals surface area (Å²) < 4.78 is 10.8. The number of ether oxygens (including phenoxy) is 2. The largest absolute Gasteiger partial charge is 0.462 e. The average Bonchev–Trinajstić information content (AvgIpc) is 2.97. The van der Waals surface area contributed by atoms with Gasteiger partial charge in [0.05, 0.1) is 17.9 Å². The summed E-state index contributed by atoms with van der Waals surface area (Å²) in [4.78, 5) is 9.24. The minimum atomic E-state index is 0.0965. The van der Waals surface area contributed by atoms with E-state index in [9.17, 15) is 0 Å². The van der Waals surface area contributed by atoms with Crippen LogP contribution in [-0.4, -0.2) is 36.1 Å². The van der Waals surface area contributed by atoms with Gasteiger partial charge in [-0.1, -0.05) is 0 Å². The number of fused-ring (bicyclic) bond motifs is 2. The lowest BCUT2D eigenvalue weighted by molar-refractivity contribution is 0.242. The van der Waals surface area contributed by atoms with Crippen LogP contribution in [0, 0.1) is 0 Å². The molecule has 4 unspecified atom stereocenters. The lowest BCUT2D eigenvalue weighted by Gasteiger charge is -2.33. The molecule has 0 saturated carbocycles. The topological polar surface area (TPSA) is 79.3 Å². The molecule has 0 bridgehead atoms. The van der Waals surface area contributed by atoms with Crippen molar-refractivity contribution in [3.63, 3.8) is 0 Å². The molecule has 7 nitrogen and oxygen atoms in total. The highest BCUT2D eigenvalue weighted by molar-refractivity contribution is 5.98. The van der Waals surface area contributed by atoms with Gasteiger partial charge in [-0.2, -0.15) is 0 Å². The molecule has 0 amide bonds. The summed E-state index contributed by atoms with van der Waals surface area (Å²) >= 11 is 0. The van der Waals surface area contributed by atoms with Crippen molar-refractivity contribution >= 4 is 11.7 Å². The molecule has 1 fully saturated rings. The Bertz CT molecular complexity index is 565. The van der Waals surface area contributed by atoms with Crippen LogP contribution in [0.25, 0.3) is 0 Å². The number of piperidine rings is 1. The van der Waals surface area contributed by atoms with Crippen LogP contribution in [-0.2, 0) is 9.47 Å². The molecule has 0 aliphatic carbocycles. The number of rotatable bonds is 1. The number of nitrogens with zero attached hydrogens (tertiary/aromatic N) is 2. The summed E-state index contributed by atoms with van der Waals surface area (Å²) in [5, 5.41) is 10.2. The monoisotopic (exact) mass is 275 g/mol. The summed E-state index contributed by atoms with van der Waals surface area (Å²) in [5.74, 6) is 3.07. The van der Waals surface area contributed by atoms with Gasteiger partial charge in [-0.3, -0.25) is 15.3 Å². The van der Waals surface area contributed by atoms with E-state index in [2.05, 4.69) is 20.9 Å². The van der Waals surface area contributed by atoms with E-state index >= 15 is 0 Å². The summed E-state index contributed by atoms with van der Waals surface area (Å²) in [6.45, 7) is 3.83. The number of hydrogen-bond donors (Lipinski definition) is 3. The Morgan fingerprint density at radius 2 is 2.05 bits per heavy atom. The zero-order chi connectivity index (χ0) is 13.7. The fourth-order valence-electron chi connectivity index (χ4n) is 2.93. The predicted molar refractivity (Wildman–Crippen MR) is 73.7 cm³/mol. The molecular formula is C13H17N5O2. The maximum atomic E-state index is 5.50. The van der Waals surface area contributed by atoms with Crippen molar-refractivity contribution in [3.8, 4) is 0 Å². The van der Waals surface area contributed by atoms with Gasteiger partial charge in [0.25, 0.3) is 0 Å². The first-order valence-electron chi connectivity index (χ1n) is 6.81. The van der Waals surface area contributed by atoms with Gasteiger partial charge >= 0.3 is 0 Å². The Hall–Kier alpha value is -2.02.